The van der Waals surface area contributed by atoms with Gasteiger partial charge in [0.05, 0.1) is 0 Å². The van der Waals surface area contributed by atoms with Gasteiger partial charge in [0.2, 0.25) is 0 Å². The Hall–Kier alpha value is -2.37. The number of nitrogens with zero attached hydrogens (tertiary/aromatic N) is 3. The van der Waals surface area contributed by atoms with Crippen LogP contribution in [-0.4, -0.2) is 68.7 Å². The van der Waals surface area contributed by atoms with Crippen LogP contribution in [0.2, 0.25) is 0 Å². The average molecular weight is 369 g/mol. The van der Waals surface area contributed by atoms with E-state index >= 15 is 0 Å². The van der Waals surface area contributed by atoms with Crippen LogP contribution in [0.1, 0.15) is 72.6 Å². The molecule has 0 N–H and O–H groups in total. The molecule has 3 saturated heterocycles. The van der Waals surface area contributed by atoms with E-state index < -0.39 is 0 Å². The SMILES string of the molecule is CC1C(C)N1C(=O)c1cc(C(=O)N2C(C)C2C)cc(C(=O)N2C(C)C2C)c1. The molecule has 144 valence electrons. The zero-order valence-corrected chi connectivity index (χ0v) is 16.8. The van der Waals surface area contributed by atoms with Gasteiger partial charge in [0.25, 0.3) is 17.7 Å². The van der Waals surface area contributed by atoms with Gasteiger partial charge in [-0.05, 0) is 59.7 Å². The van der Waals surface area contributed by atoms with Gasteiger partial charge in [0.15, 0.2) is 0 Å². The van der Waals surface area contributed by atoms with E-state index in [4.69, 9.17) is 0 Å². The predicted molar refractivity (Wildman–Crippen MR) is 102 cm³/mol. The molecule has 6 unspecified atom stereocenters. The van der Waals surface area contributed by atoms with Crippen molar-refractivity contribution in [3.05, 3.63) is 34.9 Å². The molecule has 3 fully saturated rings. The molecule has 3 aliphatic rings. The van der Waals surface area contributed by atoms with Crippen molar-refractivity contribution >= 4 is 17.7 Å². The highest BCUT2D eigenvalue weighted by atomic mass is 16.2. The normalized spacial score (nSPS) is 33.8. The minimum atomic E-state index is -0.113. The number of hydrogen-bond acceptors (Lipinski definition) is 3. The highest BCUT2D eigenvalue weighted by Crippen LogP contribution is 2.34. The van der Waals surface area contributed by atoms with Crippen molar-refractivity contribution in [3.8, 4) is 0 Å². The summed E-state index contributed by atoms with van der Waals surface area (Å²) in [6, 6.07) is 6.08. The number of carbonyl (C=O) groups excluding carboxylic acids is 3. The summed E-state index contributed by atoms with van der Waals surface area (Å²) in [4.78, 5) is 44.0. The third kappa shape index (κ3) is 2.73. The van der Waals surface area contributed by atoms with Crippen LogP contribution < -0.4 is 0 Å². The van der Waals surface area contributed by atoms with Gasteiger partial charge < -0.3 is 14.7 Å². The lowest BCUT2D eigenvalue weighted by Gasteiger charge is -2.12. The summed E-state index contributed by atoms with van der Waals surface area (Å²) in [6.07, 6.45) is 0. The summed E-state index contributed by atoms with van der Waals surface area (Å²) in [5.74, 6) is -0.340. The van der Waals surface area contributed by atoms with Crippen molar-refractivity contribution < 1.29 is 14.4 Å². The minimum Gasteiger partial charge on any atom is -0.329 e. The maximum Gasteiger partial charge on any atom is 0.254 e. The van der Waals surface area contributed by atoms with Crippen LogP contribution >= 0.6 is 0 Å². The topological polar surface area (TPSA) is 60.2 Å². The Morgan fingerprint density at radius 2 is 0.704 bits per heavy atom. The molecule has 3 heterocycles. The summed E-state index contributed by atoms with van der Waals surface area (Å²) in [7, 11) is 0. The second kappa shape index (κ2) is 5.81. The molecule has 6 atom stereocenters. The van der Waals surface area contributed by atoms with E-state index in [-0.39, 0.29) is 54.0 Å². The number of rotatable bonds is 3. The molecule has 3 aliphatic heterocycles. The number of carbonyl (C=O) groups is 3. The lowest BCUT2D eigenvalue weighted by Crippen LogP contribution is -2.21. The third-order valence-electron chi connectivity index (χ3n) is 6.84. The first-order valence-electron chi connectivity index (χ1n) is 9.78. The molecule has 0 spiro atoms. The molecular formula is C21H27N3O3. The number of hydrogen-bond donors (Lipinski definition) is 0. The van der Waals surface area contributed by atoms with E-state index in [0.717, 1.165) is 0 Å². The van der Waals surface area contributed by atoms with E-state index in [1.165, 1.54) is 0 Å². The lowest BCUT2D eigenvalue weighted by molar-refractivity contribution is 0.0868. The number of benzene rings is 1. The third-order valence-corrected chi connectivity index (χ3v) is 6.84. The molecule has 6 heteroatoms. The molecule has 4 rings (SSSR count). The monoisotopic (exact) mass is 369 g/mol. The van der Waals surface area contributed by atoms with Crippen LogP contribution in [0.15, 0.2) is 18.2 Å². The van der Waals surface area contributed by atoms with E-state index in [9.17, 15) is 14.4 Å². The van der Waals surface area contributed by atoms with Crippen molar-refractivity contribution in [2.45, 2.75) is 77.8 Å². The van der Waals surface area contributed by atoms with Gasteiger partial charge in [0, 0.05) is 52.9 Å². The maximum absolute atomic E-state index is 12.9. The van der Waals surface area contributed by atoms with E-state index in [1.54, 1.807) is 32.9 Å². The van der Waals surface area contributed by atoms with E-state index in [2.05, 4.69) is 0 Å². The van der Waals surface area contributed by atoms with Gasteiger partial charge in [-0.25, -0.2) is 0 Å². The van der Waals surface area contributed by atoms with Gasteiger partial charge >= 0.3 is 0 Å². The van der Waals surface area contributed by atoms with Gasteiger partial charge in [-0.1, -0.05) is 0 Å². The molecule has 0 aliphatic carbocycles. The second-order valence-electron chi connectivity index (χ2n) is 8.38. The molecule has 6 nitrogen and oxygen atoms in total. The molecule has 0 saturated carbocycles. The standard InChI is InChI=1S/C21H27N3O3/c1-10-11(2)22(10)19(25)16-7-17(20(26)23-12(3)13(23)4)9-18(8-16)21(27)24-14(5)15(24)6/h7-15H,1-6H3. The van der Waals surface area contributed by atoms with Crippen molar-refractivity contribution in [1.29, 1.82) is 0 Å². The summed E-state index contributed by atoms with van der Waals surface area (Å²) in [6.45, 7) is 12.0. The molecule has 0 radical (unpaired) electrons. The molecule has 27 heavy (non-hydrogen) atoms. The fourth-order valence-corrected chi connectivity index (χ4v) is 4.07. The molecule has 0 aromatic heterocycles. The summed E-state index contributed by atoms with van der Waals surface area (Å²) >= 11 is 0. The van der Waals surface area contributed by atoms with Crippen molar-refractivity contribution in [2.24, 2.45) is 0 Å². The van der Waals surface area contributed by atoms with Crippen LogP contribution in [0.25, 0.3) is 0 Å². The Bertz CT molecular complexity index is 705. The lowest BCUT2D eigenvalue weighted by atomic mass is 10.0. The van der Waals surface area contributed by atoms with Crippen LogP contribution in [0.5, 0.6) is 0 Å². The molecule has 0 bridgehead atoms. The molecule has 3 amide bonds. The Balaban J connectivity index is 1.69. The van der Waals surface area contributed by atoms with Crippen LogP contribution in [0.4, 0.5) is 0 Å². The first kappa shape index (κ1) is 18.0. The zero-order valence-electron chi connectivity index (χ0n) is 16.8. The predicted octanol–water partition coefficient (Wildman–Crippen LogP) is 2.39. The fourth-order valence-electron chi connectivity index (χ4n) is 4.07. The average Bonchev–Trinajstić information content (AvgIpc) is 3.57. The van der Waals surface area contributed by atoms with Crippen molar-refractivity contribution in [2.75, 3.05) is 0 Å². The Morgan fingerprint density at radius 3 is 0.852 bits per heavy atom. The molecule has 1 aromatic carbocycles. The molecular weight excluding hydrogens is 342 g/mol. The fraction of sp³-hybridized carbons (Fsp3) is 0.571. The van der Waals surface area contributed by atoms with Crippen LogP contribution in [0.3, 0.4) is 0 Å². The van der Waals surface area contributed by atoms with Gasteiger partial charge in [-0.3, -0.25) is 14.4 Å². The first-order chi connectivity index (χ1) is 12.6. The quantitative estimate of drug-likeness (QED) is 0.769. The van der Waals surface area contributed by atoms with Crippen LogP contribution in [-0.2, 0) is 0 Å². The highest BCUT2D eigenvalue weighted by Gasteiger charge is 2.47. The summed E-state index contributed by atoms with van der Waals surface area (Å²) in [5.41, 5.74) is 1.26. The largest absolute Gasteiger partial charge is 0.329 e. The van der Waals surface area contributed by atoms with E-state index in [0.29, 0.717) is 16.7 Å². The maximum atomic E-state index is 12.9. The summed E-state index contributed by atoms with van der Waals surface area (Å²) in [5, 5.41) is 0. The van der Waals surface area contributed by atoms with Crippen molar-refractivity contribution in [3.63, 3.8) is 0 Å². The summed E-state index contributed by atoms with van der Waals surface area (Å²) < 4.78 is 0. The Morgan fingerprint density at radius 1 is 0.519 bits per heavy atom. The van der Waals surface area contributed by atoms with Crippen LogP contribution in [0, 0.1) is 0 Å². The van der Waals surface area contributed by atoms with Gasteiger partial charge in [-0.15, -0.1) is 0 Å². The smallest absolute Gasteiger partial charge is 0.254 e. The Kier molecular flexibility index (Phi) is 3.88. The Labute approximate surface area is 160 Å². The van der Waals surface area contributed by atoms with Gasteiger partial charge in [0.1, 0.15) is 0 Å². The molecule has 1 aromatic rings. The second-order valence-corrected chi connectivity index (χ2v) is 8.38. The number of amides is 3. The van der Waals surface area contributed by atoms with Gasteiger partial charge in [-0.2, -0.15) is 0 Å². The highest BCUT2D eigenvalue weighted by molar-refractivity contribution is 6.06. The van der Waals surface area contributed by atoms with Crippen molar-refractivity contribution in [1.82, 2.24) is 14.7 Å². The van der Waals surface area contributed by atoms with E-state index in [1.807, 2.05) is 41.5 Å². The minimum absolute atomic E-state index is 0.113. The first-order valence-corrected chi connectivity index (χ1v) is 9.78. The zero-order chi connectivity index (χ0) is 19.8.